The molecule has 0 aromatic carbocycles. The highest BCUT2D eigenvalue weighted by Gasteiger charge is 2.17. The minimum Gasteiger partial charge on any atom is -0.390 e. The van der Waals surface area contributed by atoms with Crippen molar-refractivity contribution >= 4 is 15.9 Å². The second kappa shape index (κ2) is 7.48. The van der Waals surface area contributed by atoms with Gasteiger partial charge in [0.1, 0.15) is 0 Å². The van der Waals surface area contributed by atoms with Gasteiger partial charge in [0.25, 0.3) is 0 Å². The van der Waals surface area contributed by atoms with Crippen LogP contribution in [-0.4, -0.2) is 85.8 Å². The molecule has 1 aliphatic rings. The molecule has 100 valence electrons. The van der Waals surface area contributed by atoms with Gasteiger partial charge in [-0.2, -0.15) is 0 Å². The minimum absolute atomic E-state index is 0.282. The monoisotopic (exact) mass is 305 g/mol. The van der Waals surface area contributed by atoms with Gasteiger partial charge >= 0.3 is 0 Å². The molecular formula is C12H24BrN3O. The van der Waals surface area contributed by atoms with Crippen LogP contribution in [0.1, 0.15) is 0 Å². The third kappa shape index (κ3) is 6.52. The van der Waals surface area contributed by atoms with E-state index in [2.05, 4.69) is 44.3 Å². The van der Waals surface area contributed by atoms with Crippen LogP contribution in [0.2, 0.25) is 0 Å². The molecule has 0 radical (unpaired) electrons. The summed E-state index contributed by atoms with van der Waals surface area (Å²) in [7, 11) is 4.14. The standard InChI is InChI=1S/C12H24BrN3O/c1-11(13)8-15(3)9-12(17)10-16-6-4-14(2)5-7-16/h12,17H,1,4-10H2,2-3H3. The zero-order valence-electron chi connectivity index (χ0n) is 10.9. The molecule has 0 aliphatic carbocycles. The zero-order valence-corrected chi connectivity index (χ0v) is 12.5. The number of aliphatic hydroxyl groups is 1. The normalized spacial score (nSPS) is 20.8. The van der Waals surface area contributed by atoms with E-state index in [4.69, 9.17) is 0 Å². The summed E-state index contributed by atoms with van der Waals surface area (Å²) in [5, 5.41) is 10.0. The van der Waals surface area contributed by atoms with E-state index in [9.17, 15) is 5.11 Å². The number of piperazine rings is 1. The summed E-state index contributed by atoms with van der Waals surface area (Å²) in [6.45, 7) is 10.4. The lowest BCUT2D eigenvalue weighted by Gasteiger charge is -2.34. The Morgan fingerprint density at radius 1 is 1.41 bits per heavy atom. The molecule has 1 saturated heterocycles. The van der Waals surface area contributed by atoms with Crippen molar-refractivity contribution in [1.29, 1.82) is 0 Å². The Hall–Kier alpha value is 0.0600. The lowest BCUT2D eigenvalue weighted by Crippen LogP contribution is -2.48. The maximum absolute atomic E-state index is 10.0. The number of β-amino-alcohol motifs (C(OH)–C–C–N with tert-alkyl or cyclic N) is 1. The first-order chi connectivity index (χ1) is 7.97. The molecule has 0 amide bonds. The fraction of sp³-hybridized carbons (Fsp3) is 0.833. The van der Waals surface area contributed by atoms with Gasteiger partial charge in [0, 0.05) is 50.3 Å². The molecule has 0 spiro atoms. The van der Waals surface area contributed by atoms with Gasteiger partial charge in [0.2, 0.25) is 0 Å². The first kappa shape index (κ1) is 15.1. The van der Waals surface area contributed by atoms with Gasteiger partial charge in [-0.05, 0) is 14.1 Å². The zero-order chi connectivity index (χ0) is 12.8. The topological polar surface area (TPSA) is 30.0 Å². The summed E-state index contributed by atoms with van der Waals surface area (Å²) in [5.74, 6) is 0. The second-order valence-corrected chi connectivity index (χ2v) is 6.09. The molecule has 1 fully saturated rings. The SMILES string of the molecule is C=C(Br)CN(C)CC(O)CN1CCN(C)CC1. The van der Waals surface area contributed by atoms with Crippen molar-refractivity contribution in [2.24, 2.45) is 0 Å². The van der Waals surface area contributed by atoms with Crippen LogP contribution in [0, 0.1) is 0 Å². The molecule has 17 heavy (non-hydrogen) atoms. The number of hydrogen-bond donors (Lipinski definition) is 1. The largest absolute Gasteiger partial charge is 0.390 e. The van der Waals surface area contributed by atoms with Gasteiger partial charge in [-0.1, -0.05) is 22.5 Å². The van der Waals surface area contributed by atoms with Gasteiger partial charge in [0.05, 0.1) is 6.10 Å². The average molecular weight is 306 g/mol. The fourth-order valence-electron chi connectivity index (χ4n) is 2.10. The number of nitrogens with zero attached hydrogens (tertiary/aromatic N) is 3. The van der Waals surface area contributed by atoms with Crippen LogP contribution in [0.15, 0.2) is 11.1 Å². The molecule has 1 N–H and O–H groups in total. The van der Waals surface area contributed by atoms with Crippen LogP contribution in [0.4, 0.5) is 0 Å². The summed E-state index contributed by atoms with van der Waals surface area (Å²) < 4.78 is 0.951. The average Bonchev–Trinajstić information content (AvgIpc) is 2.19. The summed E-state index contributed by atoms with van der Waals surface area (Å²) in [5.41, 5.74) is 0. The van der Waals surface area contributed by atoms with Crippen molar-refractivity contribution in [2.75, 3.05) is 59.9 Å². The maximum atomic E-state index is 10.0. The van der Waals surface area contributed by atoms with Crippen LogP contribution < -0.4 is 0 Å². The van der Waals surface area contributed by atoms with Crippen LogP contribution in [0.3, 0.4) is 0 Å². The molecule has 5 heteroatoms. The quantitative estimate of drug-likeness (QED) is 0.771. The first-order valence-corrected chi connectivity index (χ1v) is 6.87. The Labute approximate surface area is 113 Å². The van der Waals surface area contributed by atoms with Crippen molar-refractivity contribution in [1.82, 2.24) is 14.7 Å². The van der Waals surface area contributed by atoms with E-state index in [1.54, 1.807) is 0 Å². The van der Waals surface area contributed by atoms with Gasteiger partial charge in [-0.25, -0.2) is 0 Å². The van der Waals surface area contributed by atoms with Crippen molar-refractivity contribution in [3.05, 3.63) is 11.1 Å². The first-order valence-electron chi connectivity index (χ1n) is 6.08. The Balaban J connectivity index is 2.20. The molecule has 0 aromatic heterocycles. The van der Waals surface area contributed by atoms with Crippen molar-refractivity contribution in [3.8, 4) is 0 Å². The fourth-order valence-corrected chi connectivity index (χ4v) is 2.53. The van der Waals surface area contributed by atoms with Crippen LogP contribution in [-0.2, 0) is 0 Å². The Morgan fingerprint density at radius 3 is 2.53 bits per heavy atom. The number of hydrogen-bond acceptors (Lipinski definition) is 4. The molecule has 1 heterocycles. The number of halogens is 1. The maximum Gasteiger partial charge on any atom is 0.0793 e. The molecule has 0 aromatic rings. The predicted molar refractivity (Wildman–Crippen MR) is 75.5 cm³/mol. The Morgan fingerprint density at radius 2 is 2.00 bits per heavy atom. The molecular weight excluding hydrogens is 282 g/mol. The van der Waals surface area contributed by atoms with Crippen LogP contribution >= 0.6 is 15.9 Å². The molecule has 0 saturated carbocycles. The van der Waals surface area contributed by atoms with E-state index in [1.165, 1.54) is 0 Å². The highest BCUT2D eigenvalue weighted by atomic mass is 79.9. The van der Waals surface area contributed by atoms with Crippen LogP contribution in [0.5, 0.6) is 0 Å². The molecule has 0 bridgehead atoms. The molecule has 4 nitrogen and oxygen atoms in total. The Bertz CT molecular complexity index is 242. The number of aliphatic hydroxyl groups excluding tert-OH is 1. The summed E-state index contributed by atoms with van der Waals surface area (Å²) in [6.07, 6.45) is -0.282. The molecule has 1 atom stereocenters. The predicted octanol–water partition coefficient (Wildman–Crippen LogP) is 0.435. The number of rotatable bonds is 6. The van der Waals surface area contributed by atoms with E-state index >= 15 is 0 Å². The van der Waals surface area contributed by atoms with Crippen LogP contribution in [0.25, 0.3) is 0 Å². The summed E-state index contributed by atoms with van der Waals surface area (Å²) in [4.78, 5) is 6.74. The minimum atomic E-state index is -0.282. The molecule has 1 rings (SSSR count). The third-order valence-corrected chi connectivity index (χ3v) is 3.28. The van der Waals surface area contributed by atoms with Crippen molar-refractivity contribution < 1.29 is 5.11 Å². The van der Waals surface area contributed by atoms with Gasteiger partial charge in [0.15, 0.2) is 0 Å². The lowest BCUT2D eigenvalue weighted by atomic mass is 10.2. The molecule has 1 unspecified atom stereocenters. The number of likely N-dealkylation sites (N-methyl/N-ethyl adjacent to an activating group) is 2. The van der Waals surface area contributed by atoms with E-state index in [1.807, 2.05) is 7.05 Å². The Kier molecular flexibility index (Phi) is 6.66. The summed E-state index contributed by atoms with van der Waals surface area (Å²) in [6, 6.07) is 0. The lowest BCUT2D eigenvalue weighted by molar-refractivity contribution is 0.0628. The van der Waals surface area contributed by atoms with Crippen molar-refractivity contribution in [2.45, 2.75) is 6.10 Å². The van der Waals surface area contributed by atoms with Gasteiger partial charge < -0.3 is 10.0 Å². The van der Waals surface area contributed by atoms with Gasteiger partial charge in [-0.15, -0.1) is 0 Å². The van der Waals surface area contributed by atoms with E-state index in [0.717, 1.165) is 43.8 Å². The van der Waals surface area contributed by atoms with Crippen molar-refractivity contribution in [3.63, 3.8) is 0 Å². The van der Waals surface area contributed by atoms with E-state index in [-0.39, 0.29) is 6.10 Å². The summed E-state index contributed by atoms with van der Waals surface area (Å²) >= 11 is 3.34. The van der Waals surface area contributed by atoms with E-state index in [0.29, 0.717) is 6.54 Å². The second-order valence-electron chi connectivity index (χ2n) is 4.97. The van der Waals surface area contributed by atoms with E-state index < -0.39 is 0 Å². The molecule has 1 aliphatic heterocycles. The highest BCUT2D eigenvalue weighted by Crippen LogP contribution is 2.05. The smallest absolute Gasteiger partial charge is 0.0793 e. The van der Waals surface area contributed by atoms with Gasteiger partial charge in [-0.3, -0.25) is 9.80 Å². The third-order valence-electron chi connectivity index (χ3n) is 3.03. The highest BCUT2D eigenvalue weighted by molar-refractivity contribution is 9.11.